The number of amides is 2. The van der Waals surface area contributed by atoms with Gasteiger partial charge in [0.15, 0.2) is 0 Å². The number of ether oxygens (including phenoxy) is 1. The van der Waals surface area contributed by atoms with Crippen molar-refractivity contribution in [3.8, 4) is 0 Å². The highest BCUT2D eigenvalue weighted by molar-refractivity contribution is 6.02. The zero-order chi connectivity index (χ0) is 24.9. The van der Waals surface area contributed by atoms with E-state index in [4.69, 9.17) is 4.74 Å². The van der Waals surface area contributed by atoms with Crippen molar-refractivity contribution in [2.24, 2.45) is 12.1 Å². The average molecular weight is 481 g/mol. The Morgan fingerprint density at radius 3 is 2.49 bits per heavy atom. The van der Waals surface area contributed by atoms with Crippen LogP contribution in [0.2, 0.25) is 0 Å². The van der Waals surface area contributed by atoms with Gasteiger partial charge >= 0.3 is 0 Å². The van der Waals surface area contributed by atoms with Crippen LogP contribution in [0.5, 0.6) is 0 Å². The molecule has 2 amide bonds. The lowest BCUT2D eigenvalue weighted by Crippen LogP contribution is -2.43. The monoisotopic (exact) mass is 480 g/mol. The quantitative estimate of drug-likeness (QED) is 0.493. The summed E-state index contributed by atoms with van der Waals surface area (Å²) in [5, 5.41) is 5.93. The third-order valence-electron chi connectivity index (χ3n) is 5.94. The number of aryl methyl sites for hydroxylation is 1. The topological polar surface area (TPSA) is 67.1 Å². The van der Waals surface area contributed by atoms with Gasteiger partial charge in [-0.05, 0) is 42.0 Å². The van der Waals surface area contributed by atoms with E-state index < -0.39 is 23.7 Å². The lowest BCUT2D eigenvalue weighted by Gasteiger charge is -2.27. The second-order valence-corrected chi connectivity index (χ2v) is 8.26. The van der Waals surface area contributed by atoms with Gasteiger partial charge in [-0.3, -0.25) is 9.59 Å². The number of carbonyl (C=O) groups excluding carboxylic acids is 2. The highest BCUT2D eigenvalue weighted by Gasteiger charge is 2.35. The van der Waals surface area contributed by atoms with Crippen molar-refractivity contribution in [2.45, 2.75) is 12.5 Å². The van der Waals surface area contributed by atoms with Crippen LogP contribution in [0.1, 0.15) is 34.1 Å². The molecule has 1 aliphatic rings. The predicted molar refractivity (Wildman–Crippen MR) is 127 cm³/mol. The van der Waals surface area contributed by atoms with Crippen molar-refractivity contribution in [1.82, 2.24) is 14.5 Å². The first-order valence-electron chi connectivity index (χ1n) is 11.2. The number of methoxy groups -OCH3 is 1. The van der Waals surface area contributed by atoms with E-state index in [9.17, 15) is 18.4 Å². The molecule has 1 unspecified atom stereocenters. The Morgan fingerprint density at radius 1 is 1.09 bits per heavy atom. The van der Waals surface area contributed by atoms with Crippen LogP contribution in [0.4, 0.5) is 8.78 Å². The van der Waals surface area contributed by atoms with Gasteiger partial charge in [-0.25, -0.2) is 13.8 Å². The summed E-state index contributed by atoms with van der Waals surface area (Å²) >= 11 is 0. The Hall–Kier alpha value is -3.85. The van der Waals surface area contributed by atoms with Crippen molar-refractivity contribution in [2.75, 3.05) is 26.8 Å². The molecule has 0 N–H and O–H groups in total. The lowest BCUT2D eigenvalue weighted by molar-refractivity contribution is -0.133. The van der Waals surface area contributed by atoms with Crippen LogP contribution in [0.15, 0.2) is 72.0 Å². The summed E-state index contributed by atoms with van der Waals surface area (Å²) in [5.74, 6) is -2.10. The normalized spacial score (nSPS) is 15.3. The van der Waals surface area contributed by atoms with Crippen molar-refractivity contribution in [3.63, 3.8) is 0 Å². The Labute approximate surface area is 202 Å². The van der Waals surface area contributed by atoms with Gasteiger partial charge in [0.25, 0.3) is 11.8 Å². The lowest BCUT2D eigenvalue weighted by atomic mass is 10.0. The zero-order valence-corrected chi connectivity index (χ0v) is 19.5. The average Bonchev–Trinajstić information content (AvgIpc) is 3.48. The van der Waals surface area contributed by atoms with E-state index in [2.05, 4.69) is 5.10 Å². The van der Waals surface area contributed by atoms with Crippen molar-refractivity contribution < 1.29 is 23.1 Å². The van der Waals surface area contributed by atoms with Gasteiger partial charge < -0.3 is 14.2 Å². The Bertz CT molecular complexity index is 1240. The Kier molecular flexibility index (Phi) is 7.36. The number of aromatic nitrogens is 1. The van der Waals surface area contributed by atoms with E-state index in [1.165, 1.54) is 47.4 Å². The predicted octanol–water partition coefficient (Wildman–Crippen LogP) is 3.77. The molecule has 0 saturated carbocycles. The summed E-state index contributed by atoms with van der Waals surface area (Å²) in [6, 6.07) is 14.9. The number of carbonyl (C=O) groups is 2. The molecule has 0 bridgehead atoms. The summed E-state index contributed by atoms with van der Waals surface area (Å²) in [6.07, 6.45) is 2.31. The number of halogens is 2. The van der Waals surface area contributed by atoms with Gasteiger partial charge in [0, 0.05) is 33.3 Å². The number of hydrazone groups is 1. The van der Waals surface area contributed by atoms with E-state index in [1.54, 1.807) is 18.2 Å². The molecule has 0 aliphatic carbocycles. The van der Waals surface area contributed by atoms with Crippen LogP contribution in [0.25, 0.3) is 0 Å². The summed E-state index contributed by atoms with van der Waals surface area (Å²) in [6.45, 7) is -0.0519. The van der Waals surface area contributed by atoms with Crippen LogP contribution in [0.3, 0.4) is 0 Å². The van der Waals surface area contributed by atoms with Gasteiger partial charge in [-0.1, -0.05) is 24.3 Å². The molecule has 0 saturated heterocycles. The second kappa shape index (κ2) is 10.6. The molecule has 0 spiro atoms. The Morgan fingerprint density at radius 2 is 1.83 bits per heavy atom. The molecule has 9 heteroatoms. The molecule has 2 aromatic carbocycles. The van der Waals surface area contributed by atoms with Crippen LogP contribution < -0.4 is 0 Å². The van der Waals surface area contributed by atoms with Gasteiger partial charge in [0.05, 0.1) is 29.6 Å². The molecule has 4 rings (SSSR count). The zero-order valence-electron chi connectivity index (χ0n) is 19.5. The van der Waals surface area contributed by atoms with E-state index >= 15 is 0 Å². The standard InChI is InChI=1S/C26H26F2N4O3/c1-30-13-5-8-23(30)22-16-24(18-9-11-19(27)12-10-18)32(29-22)25(33)17-31(14-15-35-2)26(34)20-6-3-4-7-21(20)28/h3-13,24H,14-17H2,1-2H3. The summed E-state index contributed by atoms with van der Waals surface area (Å²) in [5.41, 5.74) is 2.15. The maximum absolute atomic E-state index is 14.3. The van der Waals surface area contributed by atoms with Crippen LogP contribution >= 0.6 is 0 Å². The molecule has 182 valence electrons. The molecule has 7 nitrogen and oxygen atoms in total. The summed E-state index contributed by atoms with van der Waals surface area (Å²) in [4.78, 5) is 27.8. The third-order valence-corrected chi connectivity index (χ3v) is 5.94. The maximum Gasteiger partial charge on any atom is 0.262 e. The summed E-state index contributed by atoms with van der Waals surface area (Å²) in [7, 11) is 3.36. The third kappa shape index (κ3) is 5.30. The Balaban J connectivity index is 1.63. The second-order valence-electron chi connectivity index (χ2n) is 8.26. The largest absolute Gasteiger partial charge is 0.383 e. The highest BCUT2D eigenvalue weighted by atomic mass is 19.1. The molecule has 0 fully saturated rings. The van der Waals surface area contributed by atoms with Gasteiger partial charge in [-0.2, -0.15) is 5.10 Å². The van der Waals surface area contributed by atoms with Crippen LogP contribution in [-0.4, -0.2) is 58.8 Å². The van der Waals surface area contributed by atoms with E-state index in [0.717, 1.165) is 11.3 Å². The van der Waals surface area contributed by atoms with Crippen molar-refractivity contribution in [1.29, 1.82) is 0 Å². The SMILES string of the molecule is COCCN(CC(=O)N1N=C(c2cccn2C)CC1c1ccc(F)cc1)C(=O)c1ccccc1F. The van der Waals surface area contributed by atoms with Crippen LogP contribution in [0, 0.1) is 11.6 Å². The maximum atomic E-state index is 14.3. The first kappa shape index (κ1) is 24.3. The number of benzene rings is 2. The van der Waals surface area contributed by atoms with Crippen LogP contribution in [-0.2, 0) is 16.6 Å². The fraction of sp³-hybridized carbons (Fsp3) is 0.269. The van der Waals surface area contributed by atoms with Crippen molar-refractivity contribution in [3.05, 3.63) is 95.3 Å². The first-order valence-corrected chi connectivity index (χ1v) is 11.2. The number of rotatable bonds is 8. The molecule has 2 heterocycles. The fourth-order valence-corrected chi connectivity index (χ4v) is 4.10. The van der Waals surface area contributed by atoms with E-state index in [-0.39, 0.29) is 31.1 Å². The van der Waals surface area contributed by atoms with E-state index in [1.807, 2.05) is 29.9 Å². The fourth-order valence-electron chi connectivity index (χ4n) is 4.10. The number of nitrogens with zero attached hydrogens (tertiary/aromatic N) is 4. The number of hydrogen-bond acceptors (Lipinski definition) is 4. The molecule has 1 atom stereocenters. The summed E-state index contributed by atoms with van der Waals surface area (Å²) < 4.78 is 34.9. The van der Waals surface area contributed by atoms with Crippen molar-refractivity contribution >= 4 is 17.5 Å². The molecule has 3 aromatic rings. The first-order chi connectivity index (χ1) is 16.9. The molecule has 0 radical (unpaired) electrons. The van der Waals surface area contributed by atoms with Gasteiger partial charge in [0.1, 0.15) is 18.2 Å². The minimum absolute atomic E-state index is 0.0961. The molecular weight excluding hydrogens is 454 g/mol. The van der Waals surface area contributed by atoms with E-state index in [0.29, 0.717) is 12.1 Å². The molecule has 1 aliphatic heterocycles. The van der Waals surface area contributed by atoms with Gasteiger partial charge in [0.2, 0.25) is 0 Å². The number of hydrogen-bond donors (Lipinski definition) is 0. The minimum Gasteiger partial charge on any atom is -0.383 e. The highest BCUT2D eigenvalue weighted by Crippen LogP contribution is 2.33. The molecule has 35 heavy (non-hydrogen) atoms. The minimum atomic E-state index is -0.665. The van der Waals surface area contributed by atoms with Gasteiger partial charge in [-0.15, -0.1) is 0 Å². The molecule has 1 aromatic heterocycles. The molecular formula is C26H26F2N4O3. The smallest absolute Gasteiger partial charge is 0.262 e.